The SMILES string of the molecule is CCNc1ncnc(NCCCCCO)c1C. The molecule has 0 unspecified atom stereocenters. The molecule has 0 radical (unpaired) electrons. The normalized spacial score (nSPS) is 10.3. The van der Waals surface area contributed by atoms with E-state index < -0.39 is 0 Å². The summed E-state index contributed by atoms with van der Waals surface area (Å²) in [5.41, 5.74) is 1.05. The van der Waals surface area contributed by atoms with E-state index >= 15 is 0 Å². The summed E-state index contributed by atoms with van der Waals surface area (Å²) < 4.78 is 0. The molecule has 3 N–H and O–H groups in total. The number of aromatic nitrogens is 2. The quantitative estimate of drug-likeness (QED) is 0.602. The number of unbranched alkanes of at least 4 members (excludes halogenated alkanes) is 2. The van der Waals surface area contributed by atoms with Gasteiger partial charge >= 0.3 is 0 Å². The molecule has 0 aliphatic carbocycles. The predicted molar refractivity (Wildman–Crippen MR) is 70.4 cm³/mol. The van der Waals surface area contributed by atoms with Crippen molar-refractivity contribution in [3.8, 4) is 0 Å². The lowest BCUT2D eigenvalue weighted by atomic mass is 10.2. The highest BCUT2D eigenvalue weighted by atomic mass is 16.2. The molecule has 0 fully saturated rings. The number of hydrogen-bond acceptors (Lipinski definition) is 5. The lowest BCUT2D eigenvalue weighted by molar-refractivity contribution is 0.283. The van der Waals surface area contributed by atoms with Crippen molar-refractivity contribution in [3.63, 3.8) is 0 Å². The van der Waals surface area contributed by atoms with E-state index in [2.05, 4.69) is 20.6 Å². The van der Waals surface area contributed by atoms with Crippen molar-refractivity contribution >= 4 is 11.6 Å². The maximum atomic E-state index is 8.67. The van der Waals surface area contributed by atoms with Crippen molar-refractivity contribution in [2.45, 2.75) is 33.1 Å². The highest BCUT2D eigenvalue weighted by molar-refractivity contribution is 5.56. The summed E-state index contributed by atoms with van der Waals surface area (Å²) in [5.74, 6) is 1.78. The number of nitrogens with zero attached hydrogens (tertiary/aromatic N) is 2. The van der Waals surface area contributed by atoms with Gasteiger partial charge in [0.25, 0.3) is 0 Å². The van der Waals surface area contributed by atoms with Crippen molar-refractivity contribution in [1.82, 2.24) is 9.97 Å². The molecule has 0 saturated heterocycles. The fourth-order valence-electron chi connectivity index (χ4n) is 1.59. The summed E-state index contributed by atoms with van der Waals surface area (Å²) in [4.78, 5) is 8.42. The Morgan fingerprint density at radius 2 is 1.82 bits per heavy atom. The zero-order chi connectivity index (χ0) is 12.5. The predicted octanol–water partition coefficient (Wildman–Crippen LogP) is 1.79. The Morgan fingerprint density at radius 1 is 1.12 bits per heavy atom. The molecule has 5 heteroatoms. The van der Waals surface area contributed by atoms with Gasteiger partial charge in [-0.15, -0.1) is 0 Å². The van der Waals surface area contributed by atoms with Crippen LogP contribution in [0.5, 0.6) is 0 Å². The van der Waals surface area contributed by atoms with Crippen LogP contribution in [0.25, 0.3) is 0 Å². The Kier molecular flexibility index (Phi) is 6.32. The van der Waals surface area contributed by atoms with Gasteiger partial charge in [0, 0.05) is 25.3 Å². The Bertz CT molecular complexity index is 330. The molecule has 17 heavy (non-hydrogen) atoms. The highest BCUT2D eigenvalue weighted by Gasteiger charge is 2.04. The summed E-state index contributed by atoms with van der Waals surface area (Å²) in [6.45, 7) is 6.06. The topological polar surface area (TPSA) is 70.1 Å². The zero-order valence-corrected chi connectivity index (χ0v) is 10.7. The van der Waals surface area contributed by atoms with Crippen LogP contribution in [0.2, 0.25) is 0 Å². The van der Waals surface area contributed by atoms with E-state index in [0.717, 1.165) is 49.6 Å². The molecule has 96 valence electrons. The molecule has 0 amide bonds. The molecule has 0 aromatic carbocycles. The maximum Gasteiger partial charge on any atom is 0.134 e. The Balaban J connectivity index is 2.44. The van der Waals surface area contributed by atoms with Gasteiger partial charge in [0.2, 0.25) is 0 Å². The molecule has 0 spiro atoms. The first-order valence-corrected chi connectivity index (χ1v) is 6.19. The van der Waals surface area contributed by atoms with Gasteiger partial charge in [0.05, 0.1) is 0 Å². The third-order valence-corrected chi connectivity index (χ3v) is 2.56. The molecule has 1 aromatic rings. The van der Waals surface area contributed by atoms with E-state index in [1.54, 1.807) is 6.33 Å². The molecule has 0 saturated carbocycles. The number of hydrogen-bond donors (Lipinski definition) is 3. The Labute approximate surface area is 103 Å². The molecule has 1 rings (SSSR count). The highest BCUT2D eigenvalue weighted by Crippen LogP contribution is 2.17. The maximum absolute atomic E-state index is 8.67. The van der Waals surface area contributed by atoms with Crippen molar-refractivity contribution in [2.75, 3.05) is 30.3 Å². The van der Waals surface area contributed by atoms with Crippen LogP contribution in [0, 0.1) is 6.92 Å². The van der Waals surface area contributed by atoms with Crippen LogP contribution < -0.4 is 10.6 Å². The fourth-order valence-corrected chi connectivity index (χ4v) is 1.59. The summed E-state index contributed by atoms with van der Waals surface area (Å²) in [6.07, 6.45) is 4.52. The van der Waals surface area contributed by atoms with E-state index in [4.69, 9.17) is 5.11 Å². The van der Waals surface area contributed by atoms with E-state index in [0.29, 0.717) is 0 Å². The van der Waals surface area contributed by atoms with Crippen LogP contribution in [0.15, 0.2) is 6.33 Å². The smallest absolute Gasteiger partial charge is 0.134 e. The number of aliphatic hydroxyl groups excluding tert-OH is 1. The molecular formula is C12H22N4O. The summed E-state index contributed by atoms with van der Waals surface area (Å²) >= 11 is 0. The molecule has 1 aromatic heterocycles. The Hall–Kier alpha value is -1.36. The van der Waals surface area contributed by atoms with Crippen molar-refractivity contribution < 1.29 is 5.11 Å². The minimum absolute atomic E-state index is 0.275. The van der Waals surface area contributed by atoms with Gasteiger partial charge in [-0.1, -0.05) is 0 Å². The number of rotatable bonds is 8. The monoisotopic (exact) mass is 238 g/mol. The lowest BCUT2D eigenvalue weighted by Crippen LogP contribution is -2.09. The Morgan fingerprint density at radius 3 is 2.47 bits per heavy atom. The van der Waals surface area contributed by atoms with E-state index in [-0.39, 0.29) is 6.61 Å². The van der Waals surface area contributed by atoms with Crippen molar-refractivity contribution in [2.24, 2.45) is 0 Å². The van der Waals surface area contributed by atoms with Gasteiger partial charge in [-0.3, -0.25) is 0 Å². The first-order valence-electron chi connectivity index (χ1n) is 6.19. The third-order valence-electron chi connectivity index (χ3n) is 2.56. The first-order chi connectivity index (χ1) is 8.29. The summed E-state index contributed by atoms with van der Waals surface area (Å²) in [6, 6.07) is 0. The molecule has 1 heterocycles. The second-order valence-corrected chi connectivity index (χ2v) is 3.94. The van der Waals surface area contributed by atoms with Gasteiger partial charge in [0.1, 0.15) is 18.0 Å². The fraction of sp³-hybridized carbons (Fsp3) is 0.667. The van der Waals surface area contributed by atoms with Gasteiger partial charge in [-0.05, 0) is 33.1 Å². The zero-order valence-electron chi connectivity index (χ0n) is 10.7. The standard InChI is InChI=1S/C12H22N4O/c1-3-13-11-10(2)12(16-9-15-11)14-7-5-4-6-8-17/h9,17H,3-8H2,1-2H3,(H2,13,14,15,16). The molecule has 0 atom stereocenters. The van der Waals surface area contributed by atoms with Crippen LogP contribution in [0.1, 0.15) is 31.7 Å². The molecule has 5 nitrogen and oxygen atoms in total. The first kappa shape index (κ1) is 13.7. The molecule has 0 aliphatic rings. The summed E-state index contributed by atoms with van der Waals surface area (Å²) in [5, 5.41) is 15.2. The number of anilines is 2. The van der Waals surface area contributed by atoms with Crippen LogP contribution in [-0.4, -0.2) is 34.8 Å². The third kappa shape index (κ3) is 4.56. The minimum atomic E-state index is 0.275. The largest absolute Gasteiger partial charge is 0.396 e. The van der Waals surface area contributed by atoms with Gasteiger partial charge in [0.15, 0.2) is 0 Å². The van der Waals surface area contributed by atoms with Crippen molar-refractivity contribution in [1.29, 1.82) is 0 Å². The van der Waals surface area contributed by atoms with E-state index in [1.807, 2.05) is 13.8 Å². The van der Waals surface area contributed by atoms with Crippen LogP contribution in [-0.2, 0) is 0 Å². The molecular weight excluding hydrogens is 216 g/mol. The van der Waals surface area contributed by atoms with Gasteiger partial charge in [-0.2, -0.15) is 0 Å². The average Bonchev–Trinajstić information content (AvgIpc) is 2.33. The lowest BCUT2D eigenvalue weighted by Gasteiger charge is -2.11. The van der Waals surface area contributed by atoms with Gasteiger partial charge < -0.3 is 15.7 Å². The van der Waals surface area contributed by atoms with E-state index in [9.17, 15) is 0 Å². The number of aliphatic hydroxyl groups is 1. The minimum Gasteiger partial charge on any atom is -0.396 e. The summed E-state index contributed by atoms with van der Waals surface area (Å²) in [7, 11) is 0. The average molecular weight is 238 g/mol. The van der Waals surface area contributed by atoms with Crippen molar-refractivity contribution in [3.05, 3.63) is 11.9 Å². The van der Waals surface area contributed by atoms with E-state index in [1.165, 1.54) is 0 Å². The van der Waals surface area contributed by atoms with Crippen LogP contribution in [0.3, 0.4) is 0 Å². The number of nitrogens with one attached hydrogen (secondary N) is 2. The second kappa shape index (κ2) is 7.84. The molecule has 0 aliphatic heterocycles. The second-order valence-electron chi connectivity index (χ2n) is 3.94. The van der Waals surface area contributed by atoms with Gasteiger partial charge in [-0.25, -0.2) is 9.97 Å². The molecule has 0 bridgehead atoms. The van der Waals surface area contributed by atoms with Crippen LogP contribution >= 0.6 is 0 Å². The van der Waals surface area contributed by atoms with Crippen LogP contribution in [0.4, 0.5) is 11.6 Å².